The molecule has 0 aromatic carbocycles. The van der Waals surface area contributed by atoms with E-state index in [1.807, 2.05) is 0 Å². The van der Waals surface area contributed by atoms with Gasteiger partial charge in [-0.1, -0.05) is 0 Å². The zero-order valence-electron chi connectivity index (χ0n) is 9.38. The summed E-state index contributed by atoms with van der Waals surface area (Å²) in [5.41, 5.74) is 0. The van der Waals surface area contributed by atoms with E-state index < -0.39 is 11.6 Å². The van der Waals surface area contributed by atoms with Gasteiger partial charge in [0.05, 0.1) is 0 Å². The molecule has 2 rings (SSSR count). The molecule has 0 radical (unpaired) electrons. The lowest BCUT2D eigenvalue weighted by molar-refractivity contribution is -0.312. The van der Waals surface area contributed by atoms with Crippen molar-refractivity contribution >= 4 is 5.78 Å². The molecule has 4 heteroatoms. The Morgan fingerprint density at radius 3 is 1.87 bits per heavy atom. The number of hydrogen-bond acceptors (Lipinski definition) is 4. The van der Waals surface area contributed by atoms with Crippen molar-refractivity contribution in [3.63, 3.8) is 0 Å². The molecule has 0 aliphatic carbocycles. The molecule has 2 bridgehead atoms. The van der Waals surface area contributed by atoms with Crippen molar-refractivity contribution in [3.05, 3.63) is 0 Å². The first-order valence-electron chi connectivity index (χ1n) is 5.46. The van der Waals surface area contributed by atoms with Crippen LogP contribution in [0.2, 0.25) is 0 Å². The smallest absolute Gasteiger partial charge is 0.171 e. The van der Waals surface area contributed by atoms with Crippen molar-refractivity contribution in [1.82, 2.24) is 0 Å². The fourth-order valence-electron chi connectivity index (χ4n) is 2.45. The summed E-state index contributed by atoms with van der Waals surface area (Å²) in [6, 6.07) is 0. The Morgan fingerprint density at radius 1 is 1.00 bits per heavy atom. The summed E-state index contributed by atoms with van der Waals surface area (Å²) < 4.78 is 16.8. The number of hydrogen-bond donors (Lipinski definition) is 0. The largest absolute Gasteiger partial charge is 0.353 e. The van der Waals surface area contributed by atoms with Gasteiger partial charge in [0.15, 0.2) is 11.6 Å². The Hall–Kier alpha value is -0.450. The highest BCUT2D eigenvalue weighted by Gasteiger charge is 2.51. The number of carbonyl (C=O) groups excluding carboxylic acids is 1. The van der Waals surface area contributed by atoms with Crippen molar-refractivity contribution < 1.29 is 19.0 Å². The summed E-state index contributed by atoms with van der Waals surface area (Å²) >= 11 is 0. The maximum atomic E-state index is 11.5. The van der Waals surface area contributed by atoms with Crippen molar-refractivity contribution in [3.8, 4) is 0 Å². The Bertz CT molecular complexity index is 241. The van der Waals surface area contributed by atoms with Crippen molar-refractivity contribution in [2.45, 2.75) is 50.1 Å². The van der Waals surface area contributed by atoms with Crippen LogP contribution >= 0.6 is 0 Å². The summed E-state index contributed by atoms with van der Waals surface area (Å²) in [7, 11) is 3.27. The van der Waals surface area contributed by atoms with Gasteiger partial charge in [0.25, 0.3) is 0 Å². The number of ether oxygens (including phenoxy) is 3. The summed E-state index contributed by atoms with van der Waals surface area (Å²) in [6.07, 6.45) is 4.01. The van der Waals surface area contributed by atoms with Gasteiger partial charge in [-0.15, -0.1) is 0 Å². The summed E-state index contributed by atoms with van der Waals surface area (Å²) in [5, 5.41) is 0. The van der Waals surface area contributed by atoms with Crippen LogP contribution in [-0.4, -0.2) is 31.6 Å². The van der Waals surface area contributed by atoms with Crippen molar-refractivity contribution in [2.75, 3.05) is 14.2 Å². The molecule has 2 fully saturated rings. The lowest BCUT2D eigenvalue weighted by Gasteiger charge is -2.35. The Morgan fingerprint density at radius 2 is 1.47 bits per heavy atom. The average molecular weight is 214 g/mol. The molecular weight excluding hydrogens is 196 g/mol. The SMILES string of the molecule is CO[C@]12CCC(=O)CC[C@](OC)(CC1)O2. The maximum absolute atomic E-state index is 11.5. The van der Waals surface area contributed by atoms with E-state index in [-0.39, 0.29) is 5.78 Å². The molecule has 86 valence electrons. The third-order valence-corrected chi connectivity index (χ3v) is 3.57. The standard InChI is InChI=1S/C11H18O4/c1-13-10-5-3-9(12)4-6-11(14-2,15-10)8-7-10/h3-8H2,1-2H3/t10-,11+. The average Bonchev–Trinajstić information content (AvgIpc) is 2.65. The van der Waals surface area contributed by atoms with Crippen LogP contribution in [0.25, 0.3) is 0 Å². The first-order valence-corrected chi connectivity index (χ1v) is 5.46. The molecule has 0 aromatic heterocycles. The molecule has 2 saturated heterocycles. The van der Waals surface area contributed by atoms with E-state index in [0.717, 1.165) is 12.8 Å². The lowest BCUT2D eigenvalue weighted by Crippen LogP contribution is -2.40. The van der Waals surface area contributed by atoms with Crippen LogP contribution in [0.3, 0.4) is 0 Å². The molecule has 2 aliphatic rings. The van der Waals surface area contributed by atoms with Gasteiger partial charge < -0.3 is 14.2 Å². The second-order valence-electron chi connectivity index (χ2n) is 4.37. The van der Waals surface area contributed by atoms with Gasteiger partial charge in [0, 0.05) is 52.7 Å². The molecule has 0 amide bonds. The van der Waals surface area contributed by atoms with Crippen LogP contribution in [0.1, 0.15) is 38.5 Å². The Labute approximate surface area is 89.9 Å². The predicted molar refractivity (Wildman–Crippen MR) is 53.3 cm³/mol. The predicted octanol–water partition coefficient (Wildman–Crippen LogP) is 1.63. The molecule has 2 aliphatic heterocycles. The second-order valence-corrected chi connectivity index (χ2v) is 4.37. The van der Waals surface area contributed by atoms with Crippen LogP contribution in [0.5, 0.6) is 0 Å². The zero-order valence-corrected chi connectivity index (χ0v) is 9.38. The normalized spacial score (nSPS) is 41.3. The van der Waals surface area contributed by atoms with Gasteiger partial charge in [-0.2, -0.15) is 0 Å². The molecule has 0 saturated carbocycles. The van der Waals surface area contributed by atoms with Crippen LogP contribution in [0, 0.1) is 0 Å². The Kier molecular flexibility index (Phi) is 2.83. The highest BCUT2D eigenvalue weighted by Crippen LogP contribution is 2.45. The highest BCUT2D eigenvalue weighted by molar-refractivity contribution is 5.78. The fourth-order valence-corrected chi connectivity index (χ4v) is 2.45. The minimum absolute atomic E-state index is 0.281. The topological polar surface area (TPSA) is 44.8 Å². The van der Waals surface area contributed by atoms with E-state index in [2.05, 4.69) is 0 Å². The van der Waals surface area contributed by atoms with E-state index in [0.29, 0.717) is 25.7 Å². The van der Waals surface area contributed by atoms with Crippen molar-refractivity contribution in [1.29, 1.82) is 0 Å². The zero-order chi connectivity index (χ0) is 10.9. The van der Waals surface area contributed by atoms with Gasteiger partial charge >= 0.3 is 0 Å². The Balaban J connectivity index is 2.20. The molecule has 0 spiro atoms. The molecule has 4 nitrogen and oxygen atoms in total. The van der Waals surface area contributed by atoms with E-state index in [1.165, 1.54) is 0 Å². The molecule has 15 heavy (non-hydrogen) atoms. The summed E-state index contributed by atoms with van der Waals surface area (Å²) in [4.78, 5) is 11.5. The van der Waals surface area contributed by atoms with Crippen LogP contribution < -0.4 is 0 Å². The number of carbonyl (C=O) groups is 1. The monoisotopic (exact) mass is 214 g/mol. The molecular formula is C11H18O4. The van der Waals surface area contributed by atoms with E-state index in [1.54, 1.807) is 14.2 Å². The van der Waals surface area contributed by atoms with Crippen LogP contribution in [0.15, 0.2) is 0 Å². The van der Waals surface area contributed by atoms with E-state index in [4.69, 9.17) is 14.2 Å². The minimum atomic E-state index is -0.591. The second kappa shape index (κ2) is 3.85. The number of rotatable bonds is 2. The molecule has 0 aromatic rings. The van der Waals surface area contributed by atoms with E-state index >= 15 is 0 Å². The fraction of sp³-hybridized carbons (Fsp3) is 0.909. The van der Waals surface area contributed by atoms with Gasteiger partial charge in [-0.3, -0.25) is 4.79 Å². The van der Waals surface area contributed by atoms with Gasteiger partial charge in [0.1, 0.15) is 5.78 Å². The third-order valence-electron chi connectivity index (χ3n) is 3.57. The molecule has 0 unspecified atom stereocenters. The van der Waals surface area contributed by atoms with Crippen LogP contribution in [0.4, 0.5) is 0 Å². The number of fused-ring (bicyclic) bond motifs is 2. The van der Waals surface area contributed by atoms with Crippen LogP contribution in [-0.2, 0) is 19.0 Å². The minimum Gasteiger partial charge on any atom is -0.353 e. The van der Waals surface area contributed by atoms with Gasteiger partial charge in [-0.05, 0) is 0 Å². The van der Waals surface area contributed by atoms with Gasteiger partial charge in [-0.25, -0.2) is 0 Å². The summed E-state index contributed by atoms with van der Waals surface area (Å²) in [6.45, 7) is 0. The molecule has 2 atom stereocenters. The lowest BCUT2D eigenvalue weighted by atomic mass is 10.0. The molecule has 2 heterocycles. The summed E-state index contributed by atoms with van der Waals surface area (Å²) in [5.74, 6) is -0.902. The van der Waals surface area contributed by atoms with Crippen molar-refractivity contribution in [2.24, 2.45) is 0 Å². The first-order chi connectivity index (χ1) is 7.14. The maximum Gasteiger partial charge on any atom is 0.171 e. The highest BCUT2D eigenvalue weighted by atomic mass is 16.8. The quantitative estimate of drug-likeness (QED) is 0.700. The molecule has 0 N–H and O–H groups in total. The number of ketones is 1. The first kappa shape index (κ1) is 11.0. The number of methoxy groups -OCH3 is 2. The van der Waals surface area contributed by atoms with E-state index in [9.17, 15) is 4.79 Å². The third kappa shape index (κ3) is 1.94. The number of Topliss-reactive ketones (excluding diaryl/α,β-unsaturated/α-hetero) is 1. The van der Waals surface area contributed by atoms with Gasteiger partial charge in [0.2, 0.25) is 0 Å².